The minimum Gasteiger partial charge on any atom is -0.324 e. The van der Waals surface area contributed by atoms with Crippen LogP contribution in [0, 0.1) is 6.92 Å². The molecule has 1 aromatic heterocycles. The van der Waals surface area contributed by atoms with Crippen LogP contribution in [-0.4, -0.2) is 4.98 Å². The summed E-state index contributed by atoms with van der Waals surface area (Å²) in [4.78, 5) is 15.4. The summed E-state index contributed by atoms with van der Waals surface area (Å²) in [5.74, 6) is 5.49. The number of hydrogen-bond donors (Lipinski definition) is 3. The molecule has 0 radical (unpaired) electrons. The number of hydrogen-bond acceptors (Lipinski definition) is 3. The van der Waals surface area contributed by atoms with Gasteiger partial charge in [0.05, 0.1) is 11.3 Å². The van der Waals surface area contributed by atoms with Gasteiger partial charge in [0.2, 0.25) is 0 Å². The fourth-order valence-electron chi connectivity index (χ4n) is 2.67. The number of benzene rings is 2. The van der Waals surface area contributed by atoms with Gasteiger partial charge in [0.1, 0.15) is 0 Å². The van der Waals surface area contributed by atoms with Crippen LogP contribution in [0.2, 0.25) is 0 Å². The first kappa shape index (κ1) is 14.1. The maximum Gasteiger partial charge on any atom is 0.258 e. The summed E-state index contributed by atoms with van der Waals surface area (Å²) in [6, 6.07) is 15.7. The zero-order valence-electron chi connectivity index (χ0n) is 12.3. The number of aromatic nitrogens is 1. The minimum absolute atomic E-state index is 0.210. The molecule has 3 rings (SSSR count). The lowest BCUT2D eigenvalue weighted by Crippen LogP contribution is -2.25. The predicted molar refractivity (Wildman–Crippen MR) is 91.1 cm³/mol. The number of hydrazine groups is 1. The highest BCUT2D eigenvalue weighted by molar-refractivity contribution is 5.99. The molecule has 4 N–H and O–H groups in total. The Balaban J connectivity index is 2.50. The highest BCUT2D eigenvalue weighted by Crippen LogP contribution is 2.32. The maximum absolute atomic E-state index is 12.5. The first-order chi connectivity index (χ1) is 10.6. The van der Waals surface area contributed by atoms with Gasteiger partial charge < -0.3 is 10.4 Å². The monoisotopic (exact) mass is 291 g/mol. The van der Waals surface area contributed by atoms with Crippen LogP contribution in [0.15, 0.2) is 59.9 Å². The van der Waals surface area contributed by atoms with Crippen molar-refractivity contribution >= 4 is 16.6 Å². The van der Waals surface area contributed by atoms with E-state index in [1.165, 1.54) is 0 Å². The number of nitrogens with two attached hydrogens (primary N) is 1. The van der Waals surface area contributed by atoms with E-state index in [0.717, 1.165) is 27.6 Å². The molecule has 4 nitrogen and oxygen atoms in total. The lowest BCUT2D eigenvalue weighted by molar-refractivity contribution is 0.990. The van der Waals surface area contributed by atoms with Crippen LogP contribution in [-0.2, 0) is 0 Å². The zero-order valence-corrected chi connectivity index (χ0v) is 12.3. The van der Waals surface area contributed by atoms with Gasteiger partial charge in [-0.15, -0.1) is 0 Å². The van der Waals surface area contributed by atoms with Crippen molar-refractivity contribution in [3.8, 4) is 11.1 Å². The topological polar surface area (TPSA) is 70.9 Å². The van der Waals surface area contributed by atoms with E-state index in [2.05, 4.69) is 23.1 Å². The average Bonchev–Trinajstić information content (AvgIpc) is 2.54. The fourth-order valence-corrected chi connectivity index (χ4v) is 2.67. The summed E-state index contributed by atoms with van der Waals surface area (Å²) in [6.07, 6.45) is 0. The molecule has 1 heterocycles. The molecular weight excluding hydrogens is 274 g/mol. The van der Waals surface area contributed by atoms with Crippen molar-refractivity contribution in [2.24, 2.45) is 5.84 Å². The summed E-state index contributed by atoms with van der Waals surface area (Å²) in [5.41, 5.74) is 6.85. The second-order valence-electron chi connectivity index (χ2n) is 5.24. The molecule has 4 heteroatoms. The highest BCUT2D eigenvalue weighted by atomic mass is 16.1. The van der Waals surface area contributed by atoms with Crippen molar-refractivity contribution in [1.82, 2.24) is 10.4 Å². The van der Waals surface area contributed by atoms with E-state index in [4.69, 9.17) is 5.84 Å². The smallest absolute Gasteiger partial charge is 0.258 e. The third-order valence-corrected chi connectivity index (χ3v) is 3.71. The number of fused-ring (bicyclic) bond motifs is 1. The highest BCUT2D eigenvalue weighted by Gasteiger charge is 2.16. The quantitative estimate of drug-likeness (QED) is 0.513. The Morgan fingerprint density at radius 3 is 2.59 bits per heavy atom. The maximum atomic E-state index is 12.5. The van der Waals surface area contributed by atoms with Crippen LogP contribution >= 0.6 is 0 Å². The number of nitrogens with one attached hydrogen (secondary N) is 2. The number of pyridine rings is 1. The van der Waals surface area contributed by atoms with Crippen molar-refractivity contribution in [3.05, 3.63) is 76.6 Å². The number of aromatic amines is 1. The normalized spacial score (nSPS) is 10.6. The first-order valence-electron chi connectivity index (χ1n) is 7.00. The van der Waals surface area contributed by atoms with Gasteiger partial charge in [-0.2, -0.15) is 0 Å². The second kappa shape index (κ2) is 5.50. The third-order valence-electron chi connectivity index (χ3n) is 3.71. The van der Waals surface area contributed by atoms with E-state index in [1.807, 2.05) is 49.4 Å². The third kappa shape index (κ3) is 2.29. The Morgan fingerprint density at radius 2 is 1.91 bits per heavy atom. The van der Waals surface area contributed by atoms with Gasteiger partial charge in [0.15, 0.2) is 0 Å². The summed E-state index contributed by atoms with van der Waals surface area (Å²) in [5, 5.41) is 0.970. The molecule has 110 valence electrons. The fraction of sp³-hybridized carbons (Fsp3) is 0.0556. The summed E-state index contributed by atoms with van der Waals surface area (Å²) in [7, 11) is 0. The lowest BCUT2D eigenvalue weighted by Gasteiger charge is -2.14. The van der Waals surface area contributed by atoms with Crippen molar-refractivity contribution in [1.29, 1.82) is 0 Å². The van der Waals surface area contributed by atoms with Crippen LogP contribution in [0.3, 0.4) is 0 Å². The summed E-state index contributed by atoms with van der Waals surface area (Å²) < 4.78 is 0. The van der Waals surface area contributed by atoms with E-state index in [-0.39, 0.29) is 5.56 Å². The summed E-state index contributed by atoms with van der Waals surface area (Å²) >= 11 is 0. The lowest BCUT2D eigenvalue weighted by atomic mass is 9.94. The Labute approximate surface area is 128 Å². The van der Waals surface area contributed by atoms with E-state index in [9.17, 15) is 4.79 Å². The van der Waals surface area contributed by atoms with E-state index < -0.39 is 0 Å². The first-order valence-corrected chi connectivity index (χ1v) is 7.00. The molecule has 0 aliphatic heterocycles. The van der Waals surface area contributed by atoms with Gasteiger partial charge in [-0.05, 0) is 24.6 Å². The van der Waals surface area contributed by atoms with Crippen molar-refractivity contribution in [2.45, 2.75) is 6.92 Å². The van der Waals surface area contributed by atoms with E-state index in [0.29, 0.717) is 11.3 Å². The van der Waals surface area contributed by atoms with Crippen molar-refractivity contribution < 1.29 is 0 Å². The van der Waals surface area contributed by atoms with Gasteiger partial charge in [0.25, 0.3) is 5.56 Å². The standard InChI is InChI=1S/C18H17N3O/c1-11-8-9-15-14(10-11)17(13-6-4-3-5-7-13)16(12(2)21-19)18(22)20-15/h3-10,21H,2,19H2,1H3,(H,20,22). The Morgan fingerprint density at radius 1 is 1.18 bits per heavy atom. The largest absolute Gasteiger partial charge is 0.324 e. The van der Waals surface area contributed by atoms with Crippen LogP contribution in [0.1, 0.15) is 11.1 Å². The van der Waals surface area contributed by atoms with Gasteiger partial charge in [-0.3, -0.25) is 10.6 Å². The number of rotatable bonds is 3. The molecule has 0 aliphatic carbocycles. The Kier molecular flexibility index (Phi) is 3.53. The molecule has 0 bridgehead atoms. The van der Waals surface area contributed by atoms with E-state index in [1.54, 1.807) is 0 Å². The SMILES string of the molecule is C=C(NN)c1c(-c2ccccc2)c2cc(C)ccc2[nH]c1=O. The molecule has 0 fully saturated rings. The Bertz CT molecular complexity index is 911. The molecule has 0 unspecified atom stereocenters. The van der Waals surface area contributed by atoms with Gasteiger partial charge in [-0.1, -0.05) is 48.5 Å². The molecule has 2 aromatic carbocycles. The molecule has 22 heavy (non-hydrogen) atoms. The minimum atomic E-state index is -0.210. The number of H-pyrrole nitrogens is 1. The Hall–Kier alpha value is -2.85. The van der Waals surface area contributed by atoms with Crippen LogP contribution in [0.5, 0.6) is 0 Å². The van der Waals surface area contributed by atoms with Gasteiger partial charge in [0, 0.05) is 16.5 Å². The summed E-state index contributed by atoms with van der Waals surface area (Å²) in [6.45, 7) is 5.89. The van der Waals surface area contributed by atoms with Gasteiger partial charge >= 0.3 is 0 Å². The molecule has 3 aromatic rings. The zero-order chi connectivity index (χ0) is 15.7. The molecule has 0 aliphatic rings. The molecule has 0 saturated carbocycles. The molecule has 0 saturated heterocycles. The van der Waals surface area contributed by atoms with Crippen LogP contribution < -0.4 is 16.8 Å². The second-order valence-corrected chi connectivity index (χ2v) is 5.24. The predicted octanol–water partition coefficient (Wildman–Crippen LogP) is 2.94. The average molecular weight is 291 g/mol. The molecular formula is C18H17N3O. The molecule has 0 amide bonds. The molecule has 0 spiro atoms. The van der Waals surface area contributed by atoms with Crippen molar-refractivity contribution in [3.63, 3.8) is 0 Å². The van der Waals surface area contributed by atoms with Crippen LogP contribution in [0.25, 0.3) is 27.7 Å². The van der Waals surface area contributed by atoms with Gasteiger partial charge in [-0.25, -0.2) is 0 Å². The van der Waals surface area contributed by atoms with E-state index >= 15 is 0 Å². The molecule has 0 atom stereocenters. The van der Waals surface area contributed by atoms with Crippen molar-refractivity contribution in [2.75, 3.05) is 0 Å². The van der Waals surface area contributed by atoms with Crippen LogP contribution in [0.4, 0.5) is 0 Å². The number of aryl methyl sites for hydroxylation is 1.